The van der Waals surface area contributed by atoms with Gasteiger partial charge in [-0.15, -0.1) is 0 Å². The van der Waals surface area contributed by atoms with Crippen LogP contribution in [0.5, 0.6) is 0 Å². The lowest BCUT2D eigenvalue weighted by molar-refractivity contribution is -0.178. The number of ether oxygens (including phenoxy) is 3. The summed E-state index contributed by atoms with van der Waals surface area (Å²) in [5.74, 6) is -0.333. The van der Waals surface area contributed by atoms with Gasteiger partial charge in [0.05, 0.1) is 24.4 Å². The highest BCUT2D eigenvalue weighted by molar-refractivity contribution is 5.78. The third-order valence-electron chi connectivity index (χ3n) is 8.42. The average Bonchev–Trinajstić information content (AvgIpc) is 3.59. The van der Waals surface area contributed by atoms with Crippen molar-refractivity contribution in [2.75, 3.05) is 27.3 Å². The zero-order valence-corrected chi connectivity index (χ0v) is 22.9. The van der Waals surface area contributed by atoms with Crippen LogP contribution >= 0.6 is 0 Å². The molecule has 1 heterocycles. The van der Waals surface area contributed by atoms with E-state index in [1.807, 2.05) is 6.92 Å². The molecule has 0 radical (unpaired) electrons. The fourth-order valence-electron chi connectivity index (χ4n) is 6.03. The summed E-state index contributed by atoms with van der Waals surface area (Å²) in [5.41, 5.74) is -0.262. The molecule has 1 aliphatic heterocycles. The van der Waals surface area contributed by atoms with E-state index in [1.54, 1.807) is 14.2 Å². The molecule has 3 rings (SSSR count). The summed E-state index contributed by atoms with van der Waals surface area (Å²) in [6.45, 7) is 8.93. The zero-order valence-electron chi connectivity index (χ0n) is 22.9. The predicted molar refractivity (Wildman–Crippen MR) is 138 cm³/mol. The third kappa shape index (κ3) is 7.00. The highest BCUT2D eigenvalue weighted by Gasteiger charge is 2.65. The molecular formula is C27H47N3O6. The molecule has 3 aliphatic rings. The minimum atomic E-state index is -1.06. The minimum absolute atomic E-state index is 0.00533. The maximum absolute atomic E-state index is 12.9. The summed E-state index contributed by atoms with van der Waals surface area (Å²) in [6.07, 6.45) is 6.08. The van der Waals surface area contributed by atoms with E-state index in [0.717, 1.165) is 38.5 Å². The predicted octanol–water partition coefficient (Wildman–Crippen LogP) is 2.67. The van der Waals surface area contributed by atoms with E-state index in [2.05, 4.69) is 42.8 Å². The number of methoxy groups -OCH3 is 1. The summed E-state index contributed by atoms with van der Waals surface area (Å²) in [5, 5.41) is 20.6. The number of hydrogen-bond donors (Lipinski definition) is 4. The second-order valence-corrected chi connectivity index (χ2v) is 11.4. The number of alkyl carbamates (subject to hydrolysis) is 1. The molecule has 1 spiro atoms. The van der Waals surface area contributed by atoms with Crippen molar-refractivity contribution < 1.29 is 28.9 Å². The van der Waals surface area contributed by atoms with Crippen molar-refractivity contribution in [3.05, 3.63) is 11.6 Å². The number of amides is 2. The molecule has 0 aromatic carbocycles. The molecular weight excluding hydrogens is 462 g/mol. The van der Waals surface area contributed by atoms with Crippen LogP contribution in [0.15, 0.2) is 11.6 Å². The van der Waals surface area contributed by atoms with Crippen LogP contribution in [0.2, 0.25) is 0 Å². The normalized spacial score (nSPS) is 34.2. The van der Waals surface area contributed by atoms with Crippen molar-refractivity contribution >= 4 is 12.0 Å². The van der Waals surface area contributed by atoms with Crippen molar-refractivity contribution in [3.8, 4) is 0 Å². The highest BCUT2D eigenvalue weighted by atomic mass is 16.6. The Morgan fingerprint density at radius 2 is 1.78 bits per heavy atom. The molecule has 6 atom stereocenters. The van der Waals surface area contributed by atoms with Gasteiger partial charge < -0.3 is 35.3 Å². The standard InChI is InChI=1S/C27H47N3O6/c1-17(2)7-8-18(3)26(4,33)24-23(34-6)21(13-14-27(24)16-35-27)36-25(32)30-20-11-9-19(10-12-20)29-22(31)15-28-5/h7,18-21,23-24,28,33H,8-16H2,1-6H3,(H,29,31)(H,30,32)/t18-,19-,20+,21?,23?,24?,26?,27+/m1/s1. The lowest BCUT2D eigenvalue weighted by Gasteiger charge is -2.49. The van der Waals surface area contributed by atoms with Gasteiger partial charge in [0, 0.05) is 25.1 Å². The topological polar surface area (TPSA) is 121 Å². The largest absolute Gasteiger partial charge is 0.443 e. The molecule has 0 bridgehead atoms. The average molecular weight is 510 g/mol. The number of nitrogens with one attached hydrogen (secondary N) is 3. The van der Waals surface area contributed by atoms with E-state index in [-0.39, 0.29) is 29.8 Å². The molecule has 9 nitrogen and oxygen atoms in total. The van der Waals surface area contributed by atoms with Crippen LogP contribution in [0.4, 0.5) is 4.79 Å². The van der Waals surface area contributed by atoms with Crippen molar-refractivity contribution in [2.24, 2.45) is 11.8 Å². The number of rotatable bonds is 10. The van der Waals surface area contributed by atoms with Crippen LogP contribution in [0, 0.1) is 11.8 Å². The van der Waals surface area contributed by atoms with E-state index in [0.29, 0.717) is 19.6 Å². The van der Waals surface area contributed by atoms with Crippen LogP contribution in [-0.2, 0) is 19.0 Å². The van der Waals surface area contributed by atoms with Crippen LogP contribution < -0.4 is 16.0 Å². The van der Waals surface area contributed by atoms with Gasteiger partial charge in [-0.2, -0.15) is 0 Å². The second-order valence-electron chi connectivity index (χ2n) is 11.4. The minimum Gasteiger partial charge on any atom is -0.443 e. The van der Waals surface area contributed by atoms with Crippen LogP contribution in [-0.4, -0.2) is 79.9 Å². The molecule has 2 amide bonds. The number of likely N-dealkylation sites (N-methyl/N-ethyl adjacent to an activating group) is 1. The van der Waals surface area contributed by atoms with Gasteiger partial charge in [0.1, 0.15) is 12.2 Å². The summed E-state index contributed by atoms with van der Waals surface area (Å²) in [4.78, 5) is 24.7. The molecule has 2 aliphatic carbocycles. The zero-order chi connectivity index (χ0) is 26.5. The smallest absolute Gasteiger partial charge is 0.407 e. The van der Waals surface area contributed by atoms with Crippen molar-refractivity contribution in [2.45, 2.75) is 108 Å². The van der Waals surface area contributed by atoms with E-state index in [1.165, 1.54) is 5.57 Å². The summed E-state index contributed by atoms with van der Waals surface area (Å²) in [7, 11) is 3.37. The first-order valence-electron chi connectivity index (χ1n) is 13.5. The number of hydrogen-bond acceptors (Lipinski definition) is 7. The lowest BCUT2D eigenvalue weighted by atomic mass is 9.63. The van der Waals surface area contributed by atoms with E-state index in [4.69, 9.17) is 14.2 Å². The van der Waals surface area contributed by atoms with E-state index >= 15 is 0 Å². The Balaban J connectivity index is 1.58. The Morgan fingerprint density at radius 3 is 2.31 bits per heavy atom. The lowest BCUT2D eigenvalue weighted by Crippen LogP contribution is -2.61. The number of aliphatic hydroxyl groups is 1. The fourth-order valence-corrected chi connectivity index (χ4v) is 6.03. The van der Waals surface area contributed by atoms with E-state index < -0.39 is 29.5 Å². The Bertz CT molecular complexity index is 784. The molecule has 4 unspecified atom stereocenters. The first kappa shape index (κ1) is 28.9. The summed E-state index contributed by atoms with van der Waals surface area (Å²) in [6, 6.07) is 0.155. The molecule has 206 valence electrons. The van der Waals surface area contributed by atoms with Gasteiger partial charge in [0.2, 0.25) is 5.91 Å². The van der Waals surface area contributed by atoms with Crippen molar-refractivity contribution in [3.63, 3.8) is 0 Å². The molecule has 4 N–H and O–H groups in total. The molecule has 9 heteroatoms. The molecule has 3 fully saturated rings. The van der Waals surface area contributed by atoms with Crippen LogP contribution in [0.1, 0.15) is 72.6 Å². The van der Waals surface area contributed by atoms with Gasteiger partial charge >= 0.3 is 6.09 Å². The molecule has 0 aromatic rings. The fraction of sp³-hybridized carbons (Fsp3) is 0.852. The number of carbonyl (C=O) groups excluding carboxylic acids is 2. The van der Waals surface area contributed by atoms with Gasteiger partial charge in [-0.3, -0.25) is 4.79 Å². The number of epoxide rings is 1. The van der Waals surface area contributed by atoms with Gasteiger partial charge in [0.25, 0.3) is 0 Å². The maximum Gasteiger partial charge on any atom is 0.407 e. The quantitative estimate of drug-likeness (QED) is 0.264. The Hall–Kier alpha value is -1.68. The molecule has 2 saturated carbocycles. The third-order valence-corrected chi connectivity index (χ3v) is 8.42. The second kappa shape index (κ2) is 12.2. The first-order valence-corrected chi connectivity index (χ1v) is 13.5. The van der Waals surface area contributed by atoms with Gasteiger partial charge in [-0.05, 0) is 78.7 Å². The van der Waals surface area contributed by atoms with Gasteiger partial charge in [0.15, 0.2) is 0 Å². The van der Waals surface area contributed by atoms with Crippen molar-refractivity contribution in [1.29, 1.82) is 0 Å². The summed E-state index contributed by atoms with van der Waals surface area (Å²) < 4.78 is 17.7. The Morgan fingerprint density at radius 1 is 1.17 bits per heavy atom. The Labute approximate surface area is 216 Å². The van der Waals surface area contributed by atoms with Crippen LogP contribution in [0.3, 0.4) is 0 Å². The van der Waals surface area contributed by atoms with Gasteiger partial charge in [-0.1, -0.05) is 18.6 Å². The number of carbonyl (C=O) groups is 2. The molecule has 1 saturated heterocycles. The Kier molecular flexibility index (Phi) is 9.82. The molecule has 0 aromatic heterocycles. The van der Waals surface area contributed by atoms with Crippen molar-refractivity contribution in [1.82, 2.24) is 16.0 Å². The monoisotopic (exact) mass is 509 g/mol. The highest BCUT2D eigenvalue weighted by Crippen LogP contribution is 2.53. The summed E-state index contributed by atoms with van der Waals surface area (Å²) >= 11 is 0. The first-order chi connectivity index (χ1) is 17.0. The maximum atomic E-state index is 12.9. The van der Waals surface area contributed by atoms with E-state index in [9.17, 15) is 14.7 Å². The van der Waals surface area contributed by atoms with Gasteiger partial charge in [-0.25, -0.2) is 4.79 Å². The number of allylic oxidation sites excluding steroid dienone is 2. The molecule has 36 heavy (non-hydrogen) atoms. The van der Waals surface area contributed by atoms with Crippen LogP contribution in [0.25, 0.3) is 0 Å². The SMILES string of the molecule is CNCC(=O)N[C@H]1CC[C@@H](NC(=O)OC2CC[C@]3(CO3)C(C(C)(O)[C@H](C)CC=C(C)C)C2OC)CC1.